The Balaban J connectivity index is 2.00. The highest BCUT2D eigenvalue weighted by Gasteiger charge is 2.12. The molecule has 0 fully saturated rings. The van der Waals surface area contributed by atoms with Gasteiger partial charge in [-0.25, -0.2) is 4.98 Å². The van der Waals surface area contributed by atoms with Crippen molar-refractivity contribution in [3.05, 3.63) is 22.5 Å². The van der Waals surface area contributed by atoms with Gasteiger partial charge >= 0.3 is 0 Å². The number of hydrogen-bond acceptors (Lipinski definition) is 4. The molecule has 0 saturated heterocycles. The normalized spacial score (nSPS) is 11.4. The van der Waals surface area contributed by atoms with Gasteiger partial charge in [0.05, 0.1) is 17.9 Å². The maximum absolute atomic E-state index is 11.6. The quantitative estimate of drug-likeness (QED) is 0.875. The summed E-state index contributed by atoms with van der Waals surface area (Å²) in [5, 5.41) is 8.13. The number of nitrogens with one attached hydrogen (secondary N) is 2. The van der Waals surface area contributed by atoms with Gasteiger partial charge in [0.2, 0.25) is 5.91 Å². The van der Waals surface area contributed by atoms with E-state index in [0.29, 0.717) is 13.1 Å². The van der Waals surface area contributed by atoms with Crippen molar-refractivity contribution < 1.29 is 4.79 Å². The summed E-state index contributed by atoms with van der Waals surface area (Å²) in [6.45, 7) is 8.96. The van der Waals surface area contributed by atoms with Gasteiger partial charge in [-0.1, -0.05) is 0 Å². The predicted molar refractivity (Wildman–Crippen MR) is 77.5 cm³/mol. The largest absolute Gasteiger partial charge is 0.353 e. The lowest BCUT2D eigenvalue weighted by molar-refractivity contribution is -0.120. The zero-order chi connectivity index (χ0) is 14.0. The standard InChI is InChI=1S/C13H20N4OS/c1-8(2)15-12(18)6-14-5-11-10(4)16-13-17(11)9(3)7-19-13/h7-8,14H,5-6H2,1-4H3,(H,15,18). The molecule has 2 aromatic rings. The highest BCUT2D eigenvalue weighted by Crippen LogP contribution is 2.20. The van der Waals surface area contributed by atoms with Crippen LogP contribution < -0.4 is 10.6 Å². The Kier molecular flexibility index (Phi) is 4.21. The molecule has 0 atom stereocenters. The maximum atomic E-state index is 11.6. The van der Waals surface area contributed by atoms with Crippen molar-refractivity contribution in [1.82, 2.24) is 20.0 Å². The molecule has 0 unspecified atom stereocenters. The highest BCUT2D eigenvalue weighted by molar-refractivity contribution is 7.15. The minimum Gasteiger partial charge on any atom is -0.353 e. The second-order valence-electron chi connectivity index (χ2n) is 4.96. The first-order chi connectivity index (χ1) is 8.99. The molecule has 6 heteroatoms. The molecule has 104 valence electrons. The number of carbonyl (C=O) groups is 1. The van der Waals surface area contributed by atoms with Crippen molar-refractivity contribution in [2.24, 2.45) is 0 Å². The SMILES string of the molecule is Cc1nc2scc(C)n2c1CNCC(=O)NC(C)C. The van der Waals surface area contributed by atoms with Gasteiger partial charge < -0.3 is 10.6 Å². The molecule has 0 aromatic carbocycles. The van der Waals surface area contributed by atoms with Crippen molar-refractivity contribution in [3.63, 3.8) is 0 Å². The number of hydrogen-bond donors (Lipinski definition) is 2. The van der Waals surface area contributed by atoms with E-state index in [4.69, 9.17) is 0 Å². The molecule has 0 aliphatic carbocycles. The van der Waals surface area contributed by atoms with E-state index in [2.05, 4.69) is 32.3 Å². The van der Waals surface area contributed by atoms with Gasteiger partial charge in [0.1, 0.15) is 0 Å². The van der Waals surface area contributed by atoms with Gasteiger partial charge in [0.25, 0.3) is 0 Å². The van der Waals surface area contributed by atoms with Crippen LogP contribution in [0.3, 0.4) is 0 Å². The van der Waals surface area contributed by atoms with E-state index in [1.807, 2.05) is 20.8 Å². The number of carbonyl (C=O) groups excluding carboxylic acids is 1. The van der Waals surface area contributed by atoms with Crippen molar-refractivity contribution in [2.45, 2.75) is 40.3 Å². The smallest absolute Gasteiger partial charge is 0.234 e. The fourth-order valence-electron chi connectivity index (χ4n) is 2.04. The maximum Gasteiger partial charge on any atom is 0.234 e. The number of aryl methyl sites for hydroxylation is 2. The van der Waals surface area contributed by atoms with Gasteiger partial charge in [-0.3, -0.25) is 9.20 Å². The minimum absolute atomic E-state index is 0.0236. The average Bonchev–Trinajstić information content (AvgIpc) is 2.80. The molecule has 2 heterocycles. The molecule has 0 radical (unpaired) electrons. The Bertz CT molecular complexity index is 585. The van der Waals surface area contributed by atoms with Crippen LogP contribution in [-0.2, 0) is 11.3 Å². The summed E-state index contributed by atoms with van der Waals surface area (Å²) in [5.41, 5.74) is 3.34. The number of aromatic nitrogens is 2. The number of amides is 1. The Morgan fingerprint density at radius 1 is 1.47 bits per heavy atom. The molecule has 19 heavy (non-hydrogen) atoms. The van der Waals surface area contributed by atoms with E-state index in [-0.39, 0.29) is 11.9 Å². The molecule has 0 saturated carbocycles. The van der Waals surface area contributed by atoms with Crippen molar-refractivity contribution in [3.8, 4) is 0 Å². The van der Waals surface area contributed by atoms with Crippen LogP contribution in [0.15, 0.2) is 5.38 Å². The third-order valence-electron chi connectivity index (χ3n) is 2.86. The van der Waals surface area contributed by atoms with Gasteiger partial charge in [-0.05, 0) is 27.7 Å². The molecule has 1 amide bonds. The molecule has 0 spiro atoms. The van der Waals surface area contributed by atoms with Crippen LogP contribution in [0, 0.1) is 13.8 Å². The van der Waals surface area contributed by atoms with Crippen molar-refractivity contribution >= 4 is 22.2 Å². The predicted octanol–water partition coefficient (Wildman–Crippen LogP) is 1.63. The number of nitrogens with zero attached hydrogens (tertiary/aromatic N) is 2. The monoisotopic (exact) mass is 280 g/mol. The van der Waals surface area contributed by atoms with Crippen LogP contribution in [0.25, 0.3) is 4.96 Å². The summed E-state index contributed by atoms with van der Waals surface area (Å²) in [4.78, 5) is 17.1. The van der Waals surface area contributed by atoms with E-state index < -0.39 is 0 Å². The minimum atomic E-state index is 0.0236. The first-order valence-electron chi connectivity index (χ1n) is 6.41. The second kappa shape index (κ2) is 5.71. The van der Waals surface area contributed by atoms with Crippen LogP contribution >= 0.6 is 11.3 Å². The summed E-state index contributed by atoms with van der Waals surface area (Å²) in [6, 6.07) is 0.178. The van der Waals surface area contributed by atoms with Crippen LogP contribution in [0.1, 0.15) is 30.9 Å². The number of thiazole rings is 1. The van der Waals surface area contributed by atoms with Gasteiger partial charge in [0.15, 0.2) is 4.96 Å². The van der Waals surface area contributed by atoms with Gasteiger partial charge in [-0.15, -0.1) is 11.3 Å². The fourth-order valence-corrected chi connectivity index (χ4v) is 2.97. The highest BCUT2D eigenvalue weighted by atomic mass is 32.1. The van der Waals surface area contributed by atoms with E-state index in [0.717, 1.165) is 16.3 Å². The Morgan fingerprint density at radius 3 is 2.89 bits per heavy atom. The molecular weight excluding hydrogens is 260 g/mol. The average molecular weight is 280 g/mol. The zero-order valence-electron chi connectivity index (χ0n) is 11.8. The molecule has 2 aromatic heterocycles. The first kappa shape index (κ1) is 14.0. The Hall–Kier alpha value is -1.40. The lowest BCUT2D eigenvalue weighted by Gasteiger charge is -2.09. The molecule has 0 bridgehead atoms. The molecule has 0 aliphatic heterocycles. The van der Waals surface area contributed by atoms with Crippen LogP contribution in [-0.4, -0.2) is 27.9 Å². The number of imidazole rings is 1. The van der Waals surface area contributed by atoms with Crippen molar-refractivity contribution in [1.29, 1.82) is 0 Å². The summed E-state index contributed by atoms with van der Waals surface area (Å²) in [5.74, 6) is 0.0236. The zero-order valence-corrected chi connectivity index (χ0v) is 12.6. The van der Waals surface area contributed by atoms with Crippen molar-refractivity contribution in [2.75, 3.05) is 6.54 Å². The summed E-state index contributed by atoms with van der Waals surface area (Å²) >= 11 is 1.64. The van der Waals surface area contributed by atoms with Crippen LogP contribution in [0.4, 0.5) is 0 Å². The molecule has 2 rings (SSSR count). The van der Waals surface area contributed by atoms with E-state index in [9.17, 15) is 4.79 Å². The Morgan fingerprint density at radius 2 is 2.21 bits per heavy atom. The first-order valence-corrected chi connectivity index (χ1v) is 7.29. The van der Waals surface area contributed by atoms with E-state index >= 15 is 0 Å². The Labute approximate surface area is 117 Å². The van der Waals surface area contributed by atoms with Crippen LogP contribution in [0.5, 0.6) is 0 Å². The van der Waals surface area contributed by atoms with Crippen LogP contribution in [0.2, 0.25) is 0 Å². The fraction of sp³-hybridized carbons (Fsp3) is 0.538. The molecule has 2 N–H and O–H groups in total. The molecule has 0 aliphatic rings. The molecule has 5 nitrogen and oxygen atoms in total. The lowest BCUT2D eigenvalue weighted by atomic mass is 10.3. The van der Waals surface area contributed by atoms with E-state index in [1.165, 1.54) is 5.69 Å². The molecular formula is C13H20N4OS. The van der Waals surface area contributed by atoms with Gasteiger partial charge in [0, 0.05) is 23.7 Å². The van der Waals surface area contributed by atoms with Gasteiger partial charge in [-0.2, -0.15) is 0 Å². The second-order valence-corrected chi connectivity index (χ2v) is 5.80. The number of rotatable bonds is 5. The third-order valence-corrected chi connectivity index (χ3v) is 3.80. The number of fused-ring (bicyclic) bond motifs is 1. The third kappa shape index (κ3) is 3.13. The summed E-state index contributed by atoms with van der Waals surface area (Å²) < 4.78 is 2.15. The summed E-state index contributed by atoms with van der Waals surface area (Å²) in [7, 11) is 0. The lowest BCUT2D eigenvalue weighted by Crippen LogP contribution is -2.37. The van der Waals surface area contributed by atoms with E-state index in [1.54, 1.807) is 11.3 Å². The summed E-state index contributed by atoms with van der Waals surface area (Å²) in [6.07, 6.45) is 0. The topological polar surface area (TPSA) is 58.4 Å².